The van der Waals surface area contributed by atoms with Crippen LogP contribution >= 0.6 is 11.6 Å². The average molecular weight is 433 g/mol. The van der Waals surface area contributed by atoms with Gasteiger partial charge in [0.25, 0.3) is 0 Å². The molecule has 1 amide bonds. The van der Waals surface area contributed by atoms with Crippen LogP contribution in [0.15, 0.2) is 66.7 Å². The minimum absolute atomic E-state index is 0.0454. The normalized spacial score (nSPS) is 11.1. The van der Waals surface area contributed by atoms with Crippen LogP contribution in [-0.2, 0) is 4.79 Å². The van der Waals surface area contributed by atoms with Crippen LogP contribution < -0.4 is 10.6 Å². The zero-order valence-electron chi connectivity index (χ0n) is 15.7. The molecule has 0 bridgehead atoms. The van der Waals surface area contributed by atoms with E-state index >= 15 is 0 Å². The van der Waals surface area contributed by atoms with E-state index in [0.29, 0.717) is 16.8 Å². The van der Waals surface area contributed by atoms with Gasteiger partial charge in [0.15, 0.2) is 5.78 Å². The molecule has 0 aliphatic rings. The summed E-state index contributed by atoms with van der Waals surface area (Å²) < 4.78 is 37.7. The highest BCUT2D eigenvalue weighted by Gasteiger charge is 2.38. The van der Waals surface area contributed by atoms with Crippen molar-refractivity contribution in [1.82, 2.24) is 0 Å². The monoisotopic (exact) mass is 432 g/mol. The molecule has 154 valence electrons. The lowest BCUT2D eigenvalue weighted by atomic mass is 9.99. The summed E-state index contributed by atoms with van der Waals surface area (Å²) in [7, 11) is 0. The quantitative estimate of drug-likeness (QED) is 0.477. The Balaban J connectivity index is 1.84. The number of nitrogens with one attached hydrogen (secondary N) is 2. The van der Waals surface area contributed by atoms with Gasteiger partial charge in [0.05, 0.1) is 16.4 Å². The molecule has 0 saturated carbocycles. The van der Waals surface area contributed by atoms with Gasteiger partial charge in [-0.2, -0.15) is 13.2 Å². The maximum Gasteiger partial charge on any atom is 0.471 e. The van der Waals surface area contributed by atoms with E-state index in [1.807, 2.05) is 24.4 Å². The first-order valence-corrected chi connectivity index (χ1v) is 9.18. The van der Waals surface area contributed by atoms with E-state index in [1.165, 1.54) is 30.3 Å². The van der Waals surface area contributed by atoms with Crippen LogP contribution in [0.3, 0.4) is 0 Å². The number of carbonyl (C=O) groups is 2. The lowest BCUT2D eigenvalue weighted by Crippen LogP contribution is -2.30. The zero-order valence-corrected chi connectivity index (χ0v) is 16.4. The molecule has 30 heavy (non-hydrogen) atoms. The van der Waals surface area contributed by atoms with Crippen molar-refractivity contribution < 1.29 is 22.8 Å². The third-order valence-electron chi connectivity index (χ3n) is 4.32. The number of carbonyl (C=O) groups excluding carboxylic acids is 2. The number of rotatable bonds is 5. The zero-order chi connectivity index (χ0) is 21.9. The summed E-state index contributed by atoms with van der Waals surface area (Å²) in [6, 6.07) is 17.7. The molecular weight excluding hydrogens is 417 g/mol. The Morgan fingerprint density at radius 1 is 0.867 bits per heavy atom. The third-order valence-corrected chi connectivity index (χ3v) is 4.63. The summed E-state index contributed by atoms with van der Waals surface area (Å²) in [6.07, 6.45) is -5.01. The molecular formula is C22H16ClF3N2O2. The third kappa shape index (κ3) is 4.80. The molecule has 0 aliphatic heterocycles. The van der Waals surface area contributed by atoms with Crippen molar-refractivity contribution in [2.45, 2.75) is 13.1 Å². The smallest absolute Gasteiger partial charge is 0.354 e. The fraction of sp³-hybridized carbons (Fsp3) is 0.0909. The Bertz CT molecular complexity index is 1110. The van der Waals surface area contributed by atoms with Crippen LogP contribution in [-0.4, -0.2) is 17.9 Å². The maximum absolute atomic E-state index is 12.8. The largest absolute Gasteiger partial charge is 0.471 e. The van der Waals surface area contributed by atoms with Gasteiger partial charge in [0, 0.05) is 16.8 Å². The summed E-state index contributed by atoms with van der Waals surface area (Å²) in [4.78, 5) is 24.0. The molecule has 0 radical (unpaired) electrons. The Kier molecular flexibility index (Phi) is 6.12. The van der Waals surface area contributed by atoms with Gasteiger partial charge in [-0.3, -0.25) is 9.59 Å². The summed E-state index contributed by atoms with van der Waals surface area (Å²) in [5.41, 5.74) is 2.28. The second-order valence-corrected chi connectivity index (χ2v) is 6.87. The van der Waals surface area contributed by atoms with E-state index in [-0.39, 0.29) is 22.2 Å². The number of hydrogen-bond donors (Lipinski definition) is 2. The SMILES string of the molecule is Cc1ccccc1C(=O)c1ccc(Nc2ccccc2NC(=O)C(F)(F)F)cc1Cl. The van der Waals surface area contributed by atoms with Crippen molar-refractivity contribution in [2.75, 3.05) is 10.6 Å². The number of ketones is 1. The molecule has 3 aromatic rings. The topological polar surface area (TPSA) is 58.2 Å². The first-order valence-electron chi connectivity index (χ1n) is 8.81. The lowest BCUT2D eigenvalue weighted by molar-refractivity contribution is -0.167. The fourth-order valence-corrected chi connectivity index (χ4v) is 3.07. The Labute approximate surface area is 175 Å². The number of amides is 1. The molecule has 0 heterocycles. The Morgan fingerprint density at radius 3 is 2.13 bits per heavy atom. The Morgan fingerprint density at radius 2 is 1.50 bits per heavy atom. The van der Waals surface area contributed by atoms with E-state index in [9.17, 15) is 22.8 Å². The van der Waals surface area contributed by atoms with Gasteiger partial charge >= 0.3 is 12.1 Å². The van der Waals surface area contributed by atoms with Crippen LogP contribution in [0, 0.1) is 6.92 Å². The average Bonchev–Trinajstić information content (AvgIpc) is 2.69. The molecule has 8 heteroatoms. The highest BCUT2D eigenvalue weighted by atomic mass is 35.5. The van der Waals surface area contributed by atoms with Crippen LogP contribution in [0.4, 0.5) is 30.2 Å². The second kappa shape index (κ2) is 8.59. The molecule has 0 spiro atoms. The number of alkyl halides is 3. The van der Waals surface area contributed by atoms with Gasteiger partial charge in [-0.25, -0.2) is 0 Å². The van der Waals surface area contributed by atoms with Crippen molar-refractivity contribution in [3.05, 3.63) is 88.4 Å². The van der Waals surface area contributed by atoms with Gasteiger partial charge in [0.1, 0.15) is 0 Å². The predicted octanol–water partition coefficient (Wildman–Crippen LogP) is 6.12. The minimum atomic E-state index is -5.01. The molecule has 3 aromatic carbocycles. The molecule has 2 N–H and O–H groups in total. The van der Waals surface area contributed by atoms with Crippen molar-refractivity contribution in [1.29, 1.82) is 0 Å². The predicted molar refractivity (Wildman–Crippen MR) is 110 cm³/mol. The minimum Gasteiger partial charge on any atom is -0.354 e. The van der Waals surface area contributed by atoms with E-state index in [1.54, 1.807) is 24.3 Å². The van der Waals surface area contributed by atoms with Crippen LogP contribution in [0.25, 0.3) is 0 Å². The number of aryl methyl sites for hydroxylation is 1. The summed E-state index contributed by atoms with van der Waals surface area (Å²) in [6.45, 7) is 1.82. The van der Waals surface area contributed by atoms with E-state index in [0.717, 1.165) is 5.56 Å². The molecule has 0 unspecified atom stereocenters. The van der Waals surface area contributed by atoms with E-state index in [4.69, 9.17) is 11.6 Å². The molecule has 4 nitrogen and oxygen atoms in total. The van der Waals surface area contributed by atoms with Crippen molar-refractivity contribution >= 4 is 40.4 Å². The van der Waals surface area contributed by atoms with Gasteiger partial charge in [-0.15, -0.1) is 0 Å². The maximum atomic E-state index is 12.8. The van der Waals surface area contributed by atoms with Crippen LogP contribution in [0.2, 0.25) is 5.02 Å². The lowest BCUT2D eigenvalue weighted by Gasteiger charge is -2.15. The number of benzene rings is 3. The Hall–Kier alpha value is -3.32. The number of hydrogen-bond acceptors (Lipinski definition) is 3. The fourth-order valence-electron chi connectivity index (χ4n) is 2.80. The molecule has 0 saturated heterocycles. The molecule has 0 aliphatic carbocycles. The van der Waals surface area contributed by atoms with E-state index < -0.39 is 12.1 Å². The van der Waals surface area contributed by atoms with Crippen molar-refractivity contribution in [2.24, 2.45) is 0 Å². The summed E-state index contributed by atoms with van der Waals surface area (Å²) in [5.74, 6) is -2.31. The molecule has 0 aromatic heterocycles. The van der Waals surface area contributed by atoms with Gasteiger partial charge in [0.2, 0.25) is 0 Å². The van der Waals surface area contributed by atoms with Gasteiger partial charge in [-0.05, 0) is 42.8 Å². The summed E-state index contributed by atoms with van der Waals surface area (Å²) >= 11 is 6.30. The highest BCUT2D eigenvalue weighted by Crippen LogP contribution is 2.30. The van der Waals surface area contributed by atoms with Gasteiger partial charge in [-0.1, -0.05) is 48.0 Å². The van der Waals surface area contributed by atoms with Gasteiger partial charge < -0.3 is 10.6 Å². The second-order valence-electron chi connectivity index (χ2n) is 6.46. The van der Waals surface area contributed by atoms with Crippen molar-refractivity contribution in [3.63, 3.8) is 0 Å². The van der Waals surface area contributed by atoms with Crippen LogP contribution in [0.5, 0.6) is 0 Å². The molecule has 0 atom stereocenters. The van der Waals surface area contributed by atoms with E-state index in [2.05, 4.69) is 5.32 Å². The first-order chi connectivity index (χ1) is 14.2. The molecule has 3 rings (SSSR count). The van der Waals surface area contributed by atoms with Crippen LogP contribution in [0.1, 0.15) is 21.5 Å². The first kappa shape index (κ1) is 21.4. The number of para-hydroxylation sites is 2. The highest BCUT2D eigenvalue weighted by molar-refractivity contribution is 6.35. The number of anilines is 3. The summed E-state index contributed by atoms with van der Waals surface area (Å²) in [5, 5.41) is 4.92. The van der Waals surface area contributed by atoms with Crippen molar-refractivity contribution in [3.8, 4) is 0 Å². The number of halogens is 4. The standard InChI is InChI=1S/C22H16ClF3N2O2/c1-13-6-2-3-7-15(13)20(29)16-11-10-14(12-17(16)23)27-18-8-4-5-9-19(18)28-21(30)22(24,25)26/h2-12,27H,1H3,(H,28,30). The molecule has 0 fully saturated rings.